The van der Waals surface area contributed by atoms with E-state index in [0.717, 1.165) is 37.2 Å². The molecule has 0 spiro atoms. The number of rotatable bonds is 5. The van der Waals surface area contributed by atoms with Crippen LogP contribution in [0.25, 0.3) is 0 Å². The van der Waals surface area contributed by atoms with Crippen LogP contribution in [0.1, 0.15) is 24.8 Å². The molecule has 100 valence electrons. The van der Waals surface area contributed by atoms with Crippen molar-refractivity contribution in [3.8, 4) is 5.75 Å². The van der Waals surface area contributed by atoms with Crippen LogP contribution in [0, 0.1) is 5.92 Å². The van der Waals surface area contributed by atoms with E-state index >= 15 is 0 Å². The van der Waals surface area contributed by atoms with Crippen molar-refractivity contribution >= 4 is 23.2 Å². The lowest BCUT2D eigenvalue weighted by molar-refractivity contribution is 0.184. The van der Waals surface area contributed by atoms with Gasteiger partial charge < -0.3 is 9.47 Å². The van der Waals surface area contributed by atoms with Crippen LogP contribution in [-0.4, -0.2) is 19.1 Å². The Morgan fingerprint density at radius 2 is 2.11 bits per heavy atom. The van der Waals surface area contributed by atoms with E-state index in [1.165, 1.54) is 0 Å². The minimum Gasteiger partial charge on any atom is -0.493 e. The van der Waals surface area contributed by atoms with Gasteiger partial charge in [-0.1, -0.05) is 11.6 Å². The zero-order valence-electron chi connectivity index (χ0n) is 10.5. The third kappa shape index (κ3) is 4.04. The highest BCUT2D eigenvalue weighted by atomic mass is 35.5. The molecule has 1 aliphatic carbocycles. The Hall–Kier alpha value is -0.440. The van der Waals surface area contributed by atoms with Gasteiger partial charge in [0.2, 0.25) is 0 Å². The predicted octanol–water partition coefficient (Wildman–Crippen LogP) is 4.27. The van der Waals surface area contributed by atoms with Crippen LogP contribution < -0.4 is 4.74 Å². The van der Waals surface area contributed by atoms with Gasteiger partial charge in [-0.25, -0.2) is 0 Å². The van der Waals surface area contributed by atoms with E-state index in [-0.39, 0.29) is 0 Å². The van der Waals surface area contributed by atoms with Crippen molar-refractivity contribution in [2.24, 2.45) is 5.92 Å². The molecule has 4 heteroatoms. The summed E-state index contributed by atoms with van der Waals surface area (Å²) in [6.07, 6.45) is 3.30. The number of halogens is 2. The lowest BCUT2D eigenvalue weighted by atomic mass is 10.1. The Bertz CT molecular complexity index is 395. The molecule has 2 unspecified atom stereocenters. The summed E-state index contributed by atoms with van der Waals surface area (Å²) >= 11 is 12.1. The van der Waals surface area contributed by atoms with E-state index in [1.54, 1.807) is 7.11 Å². The third-order valence-electron chi connectivity index (χ3n) is 3.21. The Kier molecular flexibility index (Phi) is 5.16. The molecule has 2 rings (SSSR count). The van der Waals surface area contributed by atoms with Crippen LogP contribution in [0.4, 0.5) is 0 Å². The highest BCUT2D eigenvalue weighted by Crippen LogP contribution is 2.30. The molecule has 0 bridgehead atoms. The van der Waals surface area contributed by atoms with Crippen molar-refractivity contribution in [2.75, 3.05) is 13.7 Å². The maximum Gasteiger partial charge on any atom is 0.121 e. The van der Waals surface area contributed by atoms with E-state index in [9.17, 15) is 0 Å². The van der Waals surface area contributed by atoms with Crippen LogP contribution >= 0.6 is 23.2 Å². The second-order valence-corrected chi connectivity index (χ2v) is 5.87. The van der Waals surface area contributed by atoms with Crippen LogP contribution in [0.5, 0.6) is 5.75 Å². The fourth-order valence-electron chi connectivity index (χ4n) is 2.33. The van der Waals surface area contributed by atoms with E-state index < -0.39 is 0 Å². The van der Waals surface area contributed by atoms with Gasteiger partial charge in [-0.15, -0.1) is 11.6 Å². The summed E-state index contributed by atoms with van der Waals surface area (Å²) in [5.41, 5.74) is 1.03. The van der Waals surface area contributed by atoms with Gasteiger partial charge >= 0.3 is 0 Å². The van der Waals surface area contributed by atoms with E-state index in [2.05, 4.69) is 0 Å². The Labute approximate surface area is 118 Å². The summed E-state index contributed by atoms with van der Waals surface area (Å²) in [6, 6.07) is 5.71. The SMILES string of the molecule is COCc1cc(Cl)cc(OCC2CCC(Cl)C2)c1. The second-order valence-electron chi connectivity index (χ2n) is 4.82. The number of benzene rings is 1. The smallest absolute Gasteiger partial charge is 0.121 e. The van der Waals surface area contributed by atoms with Crippen molar-refractivity contribution in [2.45, 2.75) is 31.2 Å². The van der Waals surface area contributed by atoms with E-state index in [1.807, 2.05) is 18.2 Å². The first-order valence-corrected chi connectivity index (χ1v) is 7.04. The molecule has 1 aromatic carbocycles. The van der Waals surface area contributed by atoms with Crippen molar-refractivity contribution in [3.63, 3.8) is 0 Å². The summed E-state index contributed by atoms with van der Waals surface area (Å²) in [5, 5.41) is 1.00. The van der Waals surface area contributed by atoms with Gasteiger partial charge in [-0.3, -0.25) is 0 Å². The molecule has 0 aromatic heterocycles. The zero-order valence-corrected chi connectivity index (χ0v) is 12.0. The monoisotopic (exact) mass is 288 g/mol. The van der Waals surface area contributed by atoms with Gasteiger partial charge in [0.25, 0.3) is 0 Å². The first-order valence-electron chi connectivity index (χ1n) is 6.22. The van der Waals surface area contributed by atoms with Crippen LogP contribution in [0.15, 0.2) is 18.2 Å². The normalized spacial score (nSPS) is 23.3. The number of ether oxygens (including phenoxy) is 2. The maximum absolute atomic E-state index is 6.09. The molecular formula is C14H18Cl2O2. The molecule has 1 fully saturated rings. The van der Waals surface area contributed by atoms with E-state index in [4.69, 9.17) is 32.7 Å². The van der Waals surface area contributed by atoms with Crippen LogP contribution in [0.2, 0.25) is 5.02 Å². The van der Waals surface area contributed by atoms with Crippen LogP contribution in [0.3, 0.4) is 0 Å². The van der Waals surface area contributed by atoms with Crippen molar-refractivity contribution < 1.29 is 9.47 Å². The molecule has 1 aromatic rings. The summed E-state index contributed by atoms with van der Waals surface area (Å²) in [6.45, 7) is 1.26. The highest BCUT2D eigenvalue weighted by molar-refractivity contribution is 6.30. The second kappa shape index (κ2) is 6.65. The van der Waals surface area contributed by atoms with Gasteiger partial charge in [0.05, 0.1) is 13.2 Å². The minimum atomic E-state index is 0.321. The molecule has 0 amide bonds. The topological polar surface area (TPSA) is 18.5 Å². The Morgan fingerprint density at radius 1 is 1.28 bits per heavy atom. The van der Waals surface area contributed by atoms with Gasteiger partial charge in [0.1, 0.15) is 5.75 Å². The number of methoxy groups -OCH3 is 1. The molecule has 1 aliphatic rings. The molecule has 0 radical (unpaired) electrons. The average Bonchev–Trinajstić information content (AvgIpc) is 2.72. The first kappa shape index (κ1) is 14.0. The Balaban J connectivity index is 1.92. The van der Waals surface area contributed by atoms with Crippen molar-refractivity contribution in [1.29, 1.82) is 0 Å². The summed E-state index contributed by atoms with van der Waals surface area (Å²) in [4.78, 5) is 0. The van der Waals surface area contributed by atoms with Gasteiger partial charge in [0, 0.05) is 17.5 Å². The highest BCUT2D eigenvalue weighted by Gasteiger charge is 2.23. The molecule has 0 N–H and O–H groups in total. The molecule has 2 atom stereocenters. The molecule has 0 heterocycles. The molecule has 18 heavy (non-hydrogen) atoms. The summed E-state index contributed by atoms with van der Waals surface area (Å²) in [5.74, 6) is 1.38. The number of alkyl halides is 1. The van der Waals surface area contributed by atoms with Crippen molar-refractivity contribution in [1.82, 2.24) is 0 Å². The molecule has 0 aliphatic heterocycles. The van der Waals surface area contributed by atoms with Gasteiger partial charge in [-0.05, 0) is 48.9 Å². The van der Waals surface area contributed by atoms with Crippen LogP contribution in [-0.2, 0) is 11.3 Å². The molecule has 0 saturated heterocycles. The fraction of sp³-hybridized carbons (Fsp3) is 0.571. The Morgan fingerprint density at radius 3 is 2.78 bits per heavy atom. The quantitative estimate of drug-likeness (QED) is 0.753. The largest absolute Gasteiger partial charge is 0.493 e. The van der Waals surface area contributed by atoms with Gasteiger partial charge in [-0.2, -0.15) is 0 Å². The summed E-state index contributed by atoms with van der Waals surface area (Å²) in [7, 11) is 1.67. The first-order chi connectivity index (χ1) is 8.67. The lowest BCUT2D eigenvalue weighted by Crippen LogP contribution is -2.09. The van der Waals surface area contributed by atoms with Gasteiger partial charge in [0.15, 0.2) is 0 Å². The fourth-order valence-corrected chi connectivity index (χ4v) is 2.96. The third-order valence-corrected chi connectivity index (χ3v) is 3.82. The molecular weight excluding hydrogens is 271 g/mol. The number of hydrogen-bond acceptors (Lipinski definition) is 2. The van der Waals surface area contributed by atoms with E-state index in [0.29, 0.717) is 22.9 Å². The lowest BCUT2D eigenvalue weighted by Gasteiger charge is -2.13. The summed E-state index contributed by atoms with van der Waals surface area (Å²) < 4.78 is 10.9. The predicted molar refractivity (Wildman–Crippen MR) is 74.6 cm³/mol. The van der Waals surface area contributed by atoms with Crippen molar-refractivity contribution in [3.05, 3.63) is 28.8 Å². The standard InChI is InChI=1S/C14H18Cl2O2/c1-17-8-11-5-13(16)7-14(6-11)18-9-10-2-3-12(15)4-10/h5-7,10,12H,2-4,8-9H2,1H3. The molecule has 1 saturated carbocycles. The molecule has 2 nitrogen and oxygen atoms in total. The number of hydrogen-bond donors (Lipinski definition) is 0. The zero-order chi connectivity index (χ0) is 13.0. The maximum atomic E-state index is 6.09. The average molecular weight is 289 g/mol. The minimum absolute atomic E-state index is 0.321.